The van der Waals surface area contributed by atoms with Crippen molar-refractivity contribution < 1.29 is 28.9 Å². The number of hydrogen-bond donors (Lipinski definition) is 5. The number of aliphatic imine (C=N–C) groups is 1. The predicted octanol–water partition coefficient (Wildman–Crippen LogP) is 1.71. The van der Waals surface area contributed by atoms with Crippen LogP contribution < -0.4 is 37.1 Å². The number of fused-ring (bicyclic) bond motifs is 2. The Morgan fingerprint density at radius 1 is 1.03 bits per heavy atom. The topological polar surface area (TPSA) is 199 Å². The van der Waals surface area contributed by atoms with Gasteiger partial charge in [-0.15, -0.1) is 0 Å². The van der Waals surface area contributed by atoms with E-state index in [9.17, 15) is 14.7 Å². The highest BCUT2D eigenvalue weighted by Crippen LogP contribution is 2.54. The molecule has 2 atom stereocenters. The SMILES string of the molecule is COc1ccc2c(c1CC(=O)O)Oc1c(ccc(OC)c1C(N)C(=O)[C@@H](N)CCCN=C(N)N)C2(C)C. The zero-order valence-electron chi connectivity index (χ0n) is 21.5. The molecular weight excluding hydrogens is 478 g/mol. The van der Waals surface area contributed by atoms with Gasteiger partial charge in [0.25, 0.3) is 0 Å². The summed E-state index contributed by atoms with van der Waals surface area (Å²) < 4.78 is 17.4. The summed E-state index contributed by atoms with van der Waals surface area (Å²) in [5.74, 6) is -0.0398. The number of carbonyl (C=O) groups excluding carboxylic acids is 1. The minimum absolute atomic E-state index is 0.0313. The Hall–Kier alpha value is -3.83. The van der Waals surface area contributed by atoms with E-state index in [1.165, 1.54) is 14.2 Å². The Morgan fingerprint density at radius 3 is 2.19 bits per heavy atom. The van der Waals surface area contributed by atoms with E-state index < -0.39 is 29.3 Å². The first-order chi connectivity index (χ1) is 17.4. The molecule has 0 bridgehead atoms. The van der Waals surface area contributed by atoms with E-state index in [-0.39, 0.29) is 12.4 Å². The number of carboxylic acids is 1. The molecule has 0 aromatic heterocycles. The average molecular weight is 514 g/mol. The van der Waals surface area contributed by atoms with Gasteiger partial charge in [-0.3, -0.25) is 14.6 Å². The molecule has 0 fully saturated rings. The molecule has 1 heterocycles. The number of ketones is 1. The van der Waals surface area contributed by atoms with Crippen LogP contribution in [0.3, 0.4) is 0 Å². The number of nitrogens with two attached hydrogens (primary N) is 4. The lowest BCUT2D eigenvalue weighted by Gasteiger charge is -2.37. The Balaban J connectivity index is 2.09. The molecule has 0 spiro atoms. The number of aliphatic carboxylic acids is 1. The third-order valence-corrected chi connectivity index (χ3v) is 6.64. The Labute approximate surface area is 215 Å². The van der Waals surface area contributed by atoms with Gasteiger partial charge >= 0.3 is 5.97 Å². The van der Waals surface area contributed by atoms with Crippen LogP contribution in [-0.4, -0.2) is 49.6 Å². The Morgan fingerprint density at radius 2 is 1.62 bits per heavy atom. The number of methoxy groups -OCH3 is 2. The molecule has 0 amide bonds. The predicted molar refractivity (Wildman–Crippen MR) is 139 cm³/mol. The molecule has 0 saturated heterocycles. The number of rotatable bonds is 11. The van der Waals surface area contributed by atoms with Crippen LogP contribution in [0.5, 0.6) is 23.0 Å². The molecule has 0 aliphatic carbocycles. The minimum Gasteiger partial charge on any atom is -0.496 e. The Bertz CT molecular complexity index is 1220. The molecule has 11 heteroatoms. The second-order valence-electron chi connectivity index (χ2n) is 9.41. The third kappa shape index (κ3) is 5.47. The summed E-state index contributed by atoms with van der Waals surface area (Å²) in [5.41, 5.74) is 25.0. The highest BCUT2D eigenvalue weighted by Gasteiger charge is 2.40. The number of Topliss-reactive ketones (excluding diaryl/α,β-unsaturated/α-hetero) is 1. The van der Waals surface area contributed by atoms with E-state index in [4.69, 9.17) is 37.1 Å². The second kappa shape index (κ2) is 11.1. The fraction of sp³-hybridized carbons (Fsp3) is 0.423. The van der Waals surface area contributed by atoms with Crippen molar-refractivity contribution in [1.29, 1.82) is 0 Å². The molecule has 0 saturated carbocycles. The van der Waals surface area contributed by atoms with Crippen LogP contribution in [0.15, 0.2) is 29.3 Å². The van der Waals surface area contributed by atoms with E-state index in [2.05, 4.69) is 4.99 Å². The van der Waals surface area contributed by atoms with Gasteiger partial charge in [-0.25, -0.2) is 0 Å². The molecule has 1 aliphatic heterocycles. The summed E-state index contributed by atoms with van der Waals surface area (Å²) in [6.45, 7) is 4.32. The first-order valence-corrected chi connectivity index (χ1v) is 11.9. The van der Waals surface area contributed by atoms with Crippen LogP contribution in [0.2, 0.25) is 0 Å². The summed E-state index contributed by atoms with van der Waals surface area (Å²) >= 11 is 0. The van der Waals surface area contributed by atoms with E-state index in [0.29, 0.717) is 53.5 Å². The lowest BCUT2D eigenvalue weighted by atomic mass is 9.73. The van der Waals surface area contributed by atoms with Gasteiger partial charge in [0.1, 0.15) is 23.0 Å². The van der Waals surface area contributed by atoms with Crippen LogP contribution in [0.25, 0.3) is 0 Å². The van der Waals surface area contributed by atoms with Gasteiger partial charge in [-0.1, -0.05) is 26.0 Å². The summed E-state index contributed by atoms with van der Waals surface area (Å²) in [6.07, 6.45) is 0.509. The molecule has 0 radical (unpaired) electrons. The zero-order valence-corrected chi connectivity index (χ0v) is 21.5. The van der Waals surface area contributed by atoms with E-state index >= 15 is 0 Å². The minimum atomic E-state index is -1.16. The van der Waals surface area contributed by atoms with Crippen molar-refractivity contribution in [3.05, 3.63) is 46.5 Å². The zero-order chi connectivity index (χ0) is 27.5. The van der Waals surface area contributed by atoms with Crippen molar-refractivity contribution >= 4 is 17.7 Å². The number of ether oxygens (including phenoxy) is 3. The molecular formula is C26H35N5O6. The maximum absolute atomic E-state index is 13.3. The van der Waals surface area contributed by atoms with Crippen molar-refractivity contribution in [2.45, 2.75) is 50.6 Å². The lowest BCUT2D eigenvalue weighted by molar-refractivity contribution is -0.136. The maximum Gasteiger partial charge on any atom is 0.308 e. The van der Waals surface area contributed by atoms with Gasteiger partial charge in [0.15, 0.2) is 11.7 Å². The fourth-order valence-electron chi connectivity index (χ4n) is 4.67. The van der Waals surface area contributed by atoms with Gasteiger partial charge in [-0.2, -0.15) is 0 Å². The third-order valence-electron chi connectivity index (χ3n) is 6.64. The molecule has 11 nitrogen and oxygen atoms in total. The van der Waals surface area contributed by atoms with Gasteiger partial charge < -0.3 is 42.3 Å². The van der Waals surface area contributed by atoms with Gasteiger partial charge in [0, 0.05) is 28.7 Å². The van der Waals surface area contributed by atoms with Gasteiger partial charge in [0.2, 0.25) is 0 Å². The number of benzene rings is 2. The monoisotopic (exact) mass is 513 g/mol. The molecule has 3 rings (SSSR count). The highest BCUT2D eigenvalue weighted by molar-refractivity contribution is 5.91. The number of carbonyl (C=O) groups is 2. The summed E-state index contributed by atoms with van der Waals surface area (Å²) in [5, 5.41) is 9.56. The number of nitrogens with zero attached hydrogens (tertiary/aromatic N) is 1. The van der Waals surface area contributed by atoms with Gasteiger partial charge in [-0.05, 0) is 25.0 Å². The van der Waals surface area contributed by atoms with E-state index in [1.54, 1.807) is 12.1 Å². The smallest absolute Gasteiger partial charge is 0.308 e. The highest BCUT2D eigenvalue weighted by atomic mass is 16.5. The van der Waals surface area contributed by atoms with E-state index in [1.807, 2.05) is 26.0 Å². The maximum atomic E-state index is 13.3. The van der Waals surface area contributed by atoms with Crippen molar-refractivity contribution in [3.63, 3.8) is 0 Å². The second-order valence-corrected chi connectivity index (χ2v) is 9.41. The number of guanidine groups is 1. The van der Waals surface area contributed by atoms with Crippen LogP contribution in [0, 0.1) is 0 Å². The number of carboxylic acid groups (broad SMARTS) is 1. The van der Waals surface area contributed by atoms with Gasteiger partial charge in [0.05, 0.1) is 38.3 Å². The summed E-state index contributed by atoms with van der Waals surface area (Å²) in [7, 11) is 2.94. The summed E-state index contributed by atoms with van der Waals surface area (Å²) in [6, 6.07) is 5.15. The standard InChI is InChI=1S/C26H35N5O6/c1-26(2)14-7-9-17(35-3)13(12-19(32)33)23(14)37-24-15(26)8-10-18(36-4)20(24)21(28)22(34)16(27)6-5-11-31-25(29)30/h7-10,16,21H,5-6,11-12,27-28H2,1-4H3,(H,32,33)(H4,29,30,31)/t16-,21?/m0/s1. The lowest BCUT2D eigenvalue weighted by Crippen LogP contribution is -2.39. The Kier molecular flexibility index (Phi) is 8.29. The normalized spacial score (nSPS) is 14.9. The fourth-order valence-corrected chi connectivity index (χ4v) is 4.67. The quantitative estimate of drug-likeness (QED) is 0.167. The van der Waals surface area contributed by atoms with Crippen molar-refractivity contribution in [1.82, 2.24) is 0 Å². The molecule has 37 heavy (non-hydrogen) atoms. The van der Waals surface area contributed by atoms with E-state index in [0.717, 1.165) is 11.1 Å². The number of hydrogen-bond acceptors (Lipinski definition) is 8. The largest absolute Gasteiger partial charge is 0.496 e. The first-order valence-electron chi connectivity index (χ1n) is 11.9. The molecule has 9 N–H and O–H groups in total. The average Bonchev–Trinajstić information content (AvgIpc) is 2.84. The van der Waals surface area contributed by atoms with Crippen molar-refractivity contribution in [2.24, 2.45) is 27.9 Å². The molecule has 2 aromatic carbocycles. The molecule has 200 valence electrons. The van der Waals surface area contributed by atoms with Crippen LogP contribution in [0.1, 0.15) is 55.0 Å². The molecule has 1 aliphatic rings. The molecule has 2 aromatic rings. The summed E-state index contributed by atoms with van der Waals surface area (Å²) in [4.78, 5) is 28.9. The molecule has 1 unspecified atom stereocenters. The van der Waals surface area contributed by atoms with Crippen molar-refractivity contribution in [3.8, 4) is 23.0 Å². The van der Waals surface area contributed by atoms with Crippen LogP contribution in [-0.2, 0) is 21.4 Å². The first kappa shape index (κ1) is 27.8. The van der Waals surface area contributed by atoms with Crippen LogP contribution >= 0.6 is 0 Å². The van der Waals surface area contributed by atoms with Crippen LogP contribution in [0.4, 0.5) is 0 Å². The van der Waals surface area contributed by atoms with Crippen molar-refractivity contribution in [2.75, 3.05) is 20.8 Å².